The number of halogens is 2. The second-order valence-electron chi connectivity index (χ2n) is 3.58. The quantitative estimate of drug-likeness (QED) is 0.703. The van der Waals surface area contributed by atoms with Gasteiger partial charge in [-0.1, -0.05) is 23.2 Å². The maximum Gasteiger partial charge on any atom is 0.378 e. The highest BCUT2D eigenvalue weighted by Gasteiger charge is 2.30. The van der Waals surface area contributed by atoms with Crippen LogP contribution in [0.4, 0.5) is 5.69 Å². The van der Waals surface area contributed by atoms with Crippen molar-refractivity contribution in [1.29, 1.82) is 5.26 Å². The molecule has 1 saturated heterocycles. The lowest BCUT2D eigenvalue weighted by atomic mass is 9.61. The van der Waals surface area contributed by atoms with Gasteiger partial charge >= 0.3 is 6.85 Å². The normalized spacial score (nSPS) is 15.5. The summed E-state index contributed by atoms with van der Waals surface area (Å²) in [4.78, 5) is 2.02. The minimum absolute atomic E-state index is 0.0685. The van der Waals surface area contributed by atoms with Gasteiger partial charge in [-0.15, -0.1) is 0 Å². The Kier molecular flexibility index (Phi) is 3.09. The Morgan fingerprint density at radius 3 is 2.93 bits per heavy atom. The smallest absolute Gasteiger partial charge is 0.378 e. The van der Waals surface area contributed by atoms with Gasteiger partial charge in [0.15, 0.2) is 0 Å². The molecule has 0 amide bonds. The lowest BCUT2D eigenvalue weighted by Gasteiger charge is -2.21. The van der Waals surface area contributed by atoms with Crippen LogP contribution in [0.3, 0.4) is 0 Å². The van der Waals surface area contributed by atoms with E-state index in [0.717, 1.165) is 25.0 Å². The van der Waals surface area contributed by atoms with Crippen LogP contribution in [0.1, 0.15) is 6.42 Å². The minimum Gasteiger partial charge on any atom is -0.401 e. The van der Waals surface area contributed by atoms with E-state index in [-0.39, 0.29) is 6.85 Å². The monoisotopic (exact) mass is 238 g/mol. The molecule has 1 aromatic carbocycles. The first-order valence-corrected chi connectivity index (χ1v) is 5.59. The first-order chi connectivity index (χ1) is 7.22. The lowest BCUT2D eigenvalue weighted by Crippen LogP contribution is -2.32. The van der Waals surface area contributed by atoms with Crippen molar-refractivity contribution >= 4 is 35.7 Å². The molecule has 0 saturated carbocycles. The van der Waals surface area contributed by atoms with Crippen molar-refractivity contribution < 1.29 is 0 Å². The molecule has 5 heteroatoms. The first-order valence-electron chi connectivity index (χ1n) is 4.83. The average molecular weight is 239 g/mol. The fraction of sp³-hybridized carbons (Fsp3) is 0.300. The lowest BCUT2D eigenvalue weighted by molar-refractivity contribution is 0.982. The van der Waals surface area contributed by atoms with Crippen LogP contribution in [0.5, 0.6) is 0 Å². The maximum absolute atomic E-state index is 8.99. The highest BCUT2D eigenvalue weighted by molar-refractivity contribution is 6.71. The standard InChI is InChI=1S/C10H9BCl2N2/c12-8-2-3-9(13)10(6-8)15-5-1-4-11(15)7-14/h2-3,6H,1,4-5H2. The zero-order chi connectivity index (χ0) is 10.8. The van der Waals surface area contributed by atoms with E-state index in [9.17, 15) is 0 Å². The third-order valence-corrected chi connectivity index (χ3v) is 3.17. The number of nitrogens with zero attached hydrogens (tertiary/aromatic N) is 2. The number of anilines is 1. The Balaban J connectivity index is 2.36. The number of hydrogen-bond donors (Lipinski definition) is 0. The van der Waals surface area contributed by atoms with Crippen LogP contribution in [-0.2, 0) is 0 Å². The van der Waals surface area contributed by atoms with E-state index < -0.39 is 0 Å². The fourth-order valence-corrected chi connectivity index (χ4v) is 2.29. The summed E-state index contributed by atoms with van der Waals surface area (Å²) < 4.78 is 0. The van der Waals surface area contributed by atoms with Crippen molar-refractivity contribution in [3.8, 4) is 5.97 Å². The molecule has 1 aliphatic heterocycles. The van der Waals surface area contributed by atoms with Crippen molar-refractivity contribution in [2.24, 2.45) is 0 Å². The summed E-state index contributed by atoms with van der Waals surface area (Å²) in [7, 11) is 0. The zero-order valence-corrected chi connectivity index (χ0v) is 9.59. The molecule has 2 rings (SSSR count). The van der Waals surface area contributed by atoms with Gasteiger partial charge in [0.25, 0.3) is 0 Å². The van der Waals surface area contributed by atoms with Crippen LogP contribution in [0.25, 0.3) is 0 Å². The number of nitriles is 1. The Morgan fingerprint density at radius 1 is 1.40 bits per heavy atom. The van der Waals surface area contributed by atoms with E-state index in [1.54, 1.807) is 12.1 Å². The molecular weight excluding hydrogens is 230 g/mol. The maximum atomic E-state index is 8.99. The van der Waals surface area contributed by atoms with E-state index in [0.29, 0.717) is 10.0 Å². The van der Waals surface area contributed by atoms with Crippen molar-refractivity contribution in [3.63, 3.8) is 0 Å². The SMILES string of the molecule is N#CB1CCCN1c1cc(Cl)ccc1Cl. The third-order valence-electron chi connectivity index (χ3n) is 2.62. The van der Waals surface area contributed by atoms with Crippen molar-refractivity contribution in [3.05, 3.63) is 28.2 Å². The highest BCUT2D eigenvalue weighted by Crippen LogP contribution is 2.32. The van der Waals surface area contributed by atoms with E-state index in [1.807, 2.05) is 10.9 Å². The summed E-state index contributed by atoms with van der Waals surface area (Å²) in [6.45, 7) is 0.805. The number of benzene rings is 1. The van der Waals surface area contributed by atoms with Crippen LogP contribution >= 0.6 is 23.2 Å². The molecule has 1 aliphatic rings. The Bertz CT molecular complexity index is 416. The van der Waals surface area contributed by atoms with Gasteiger partial charge in [-0.2, -0.15) is 0 Å². The molecule has 0 aliphatic carbocycles. The summed E-state index contributed by atoms with van der Waals surface area (Å²) in [6.07, 6.45) is 1.93. The van der Waals surface area contributed by atoms with Gasteiger partial charge in [-0.3, -0.25) is 0 Å². The molecule has 0 spiro atoms. The Hall–Kier alpha value is -0.845. The number of rotatable bonds is 1. The molecule has 15 heavy (non-hydrogen) atoms. The molecule has 0 aromatic heterocycles. The van der Waals surface area contributed by atoms with E-state index in [4.69, 9.17) is 28.5 Å². The van der Waals surface area contributed by atoms with Gasteiger partial charge in [0, 0.05) is 23.2 Å². The van der Waals surface area contributed by atoms with Gasteiger partial charge in [-0.05, 0) is 30.9 Å². The molecule has 2 nitrogen and oxygen atoms in total. The molecule has 0 N–H and O–H groups in total. The van der Waals surface area contributed by atoms with Gasteiger partial charge in [0.05, 0.1) is 5.02 Å². The topological polar surface area (TPSA) is 27.0 Å². The summed E-state index contributed by atoms with van der Waals surface area (Å²) in [5.41, 5.74) is 0.869. The molecule has 0 atom stereocenters. The van der Waals surface area contributed by atoms with Crippen LogP contribution in [0.15, 0.2) is 18.2 Å². The fourth-order valence-electron chi connectivity index (χ4n) is 1.90. The number of hydrogen-bond acceptors (Lipinski definition) is 2. The second kappa shape index (κ2) is 4.34. The third kappa shape index (κ3) is 2.06. The van der Waals surface area contributed by atoms with Gasteiger partial charge < -0.3 is 4.81 Å². The highest BCUT2D eigenvalue weighted by atomic mass is 35.5. The minimum atomic E-state index is -0.0685. The molecular formula is C10H9BCl2N2. The summed E-state index contributed by atoms with van der Waals surface area (Å²) in [5.74, 6) is 2.28. The van der Waals surface area contributed by atoms with Gasteiger partial charge in [0.2, 0.25) is 0 Å². The molecule has 0 bridgehead atoms. The predicted octanol–water partition coefficient (Wildman–Crippen LogP) is 3.26. The van der Waals surface area contributed by atoms with Gasteiger partial charge in [-0.25, -0.2) is 5.26 Å². The van der Waals surface area contributed by atoms with Crippen LogP contribution in [0.2, 0.25) is 16.4 Å². The average Bonchev–Trinajstić information content (AvgIpc) is 2.69. The summed E-state index contributed by atoms with van der Waals surface area (Å²) in [6, 6.07) is 5.34. The molecule has 76 valence electrons. The van der Waals surface area contributed by atoms with Crippen LogP contribution < -0.4 is 4.81 Å². The van der Waals surface area contributed by atoms with Crippen molar-refractivity contribution in [2.75, 3.05) is 11.4 Å². The Labute approximate surface area is 99.5 Å². The largest absolute Gasteiger partial charge is 0.401 e. The molecule has 1 heterocycles. The second-order valence-corrected chi connectivity index (χ2v) is 4.42. The van der Waals surface area contributed by atoms with Crippen molar-refractivity contribution in [1.82, 2.24) is 0 Å². The molecule has 0 unspecified atom stereocenters. The molecule has 0 radical (unpaired) electrons. The van der Waals surface area contributed by atoms with Crippen molar-refractivity contribution in [2.45, 2.75) is 12.7 Å². The van der Waals surface area contributed by atoms with E-state index in [1.165, 1.54) is 0 Å². The summed E-state index contributed by atoms with van der Waals surface area (Å²) >= 11 is 12.0. The molecule has 1 aromatic rings. The van der Waals surface area contributed by atoms with Gasteiger partial charge in [0.1, 0.15) is 0 Å². The Morgan fingerprint density at radius 2 is 2.20 bits per heavy atom. The van der Waals surface area contributed by atoms with E-state index >= 15 is 0 Å². The zero-order valence-electron chi connectivity index (χ0n) is 8.08. The summed E-state index contributed by atoms with van der Waals surface area (Å²) in [5, 5.41) is 10.3. The van der Waals surface area contributed by atoms with Crippen LogP contribution in [-0.4, -0.2) is 13.4 Å². The molecule has 1 fully saturated rings. The van der Waals surface area contributed by atoms with E-state index in [2.05, 4.69) is 5.97 Å². The predicted molar refractivity (Wildman–Crippen MR) is 64.6 cm³/mol. The first kappa shape index (κ1) is 10.7. The van der Waals surface area contributed by atoms with Crippen LogP contribution in [0, 0.1) is 11.2 Å².